The molecule has 0 aromatic carbocycles. The van der Waals surface area contributed by atoms with Crippen LogP contribution >= 0.6 is 0 Å². The Kier molecular flexibility index (Phi) is 4.12. The molecule has 3 rings (SSSR count). The van der Waals surface area contributed by atoms with Gasteiger partial charge in [-0.15, -0.1) is 0 Å². The van der Waals surface area contributed by atoms with Gasteiger partial charge < -0.3 is 14.4 Å². The highest BCUT2D eigenvalue weighted by molar-refractivity contribution is 5.91. The Morgan fingerprint density at radius 3 is 2.61 bits per heavy atom. The molecule has 0 fully saturated rings. The number of aryl methyl sites for hydroxylation is 1. The Balaban J connectivity index is 2.10. The third-order valence-electron chi connectivity index (χ3n) is 3.83. The lowest BCUT2D eigenvalue weighted by Gasteiger charge is -2.05. The van der Waals surface area contributed by atoms with E-state index in [1.54, 1.807) is 0 Å². The number of fused-ring (bicyclic) bond motifs is 1. The maximum absolute atomic E-state index is 5.48. The van der Waals surface area contributed by atoms with Crippen molar-refractivity contribution in [1.29, 1.82) is 0 Å². The molecule has 23 heavy (non-hydrogen) atoms. The first-order valence-electron chi connectivity index (χ1n) is 7.76. The predicted molar refractivity (Wildman–Crippen MR) is 86.1 cm³/mol. The Bertz CT molecular complexity index is 821. The third kappa shape index (κ3) is 2.96. The Hall–Kier alpha value is -2.28. The van der Waals surface area contributed by atoms with Crippen molar-refractivity contribution in [3.8, 4) is 11.5 Å². The fourth-order valence-corrected chi connectivity index (χ4v) is 2.48. The minimum absolute atomic E-state index is 0.214. The van der Waals surface area contributed by atoms with Gasteiger partial charge in [0.2, 0.25) is 0 Å². The lowest BCUT2D eigenvalue weighted by atomic mass is 10.0. The molecule has 0 amide bonds. The Morgan fingerprint density at radius 1 is 1.13 bits per heavy atom. The van der Waals surface area contributed by atoms with Crippen LogP contribution in [0.25, 0.3) is 22.6 Å². The number of rotatable bonds is 5. The van der Waals surface area contributed by atoms with Gasteiger partial charge in [0, 0.05) is 18.2 Å². The zero-order valence-electron chi connectivity index (χ0n) is 14.0. The highest BCUT2D eigenvalue weighted by Crippen LogP contribution is 2.33. The molecule has 122 valence electrons. The van der Waals surface area contributed by atoms with Crippen LogP contribution in [0.15, 0.2) is 15.1 Å². The molecule has 3 aromatic heterocycles. The quantitative estimate of drug-likeness (QED) is 0.774. The van der Waals surface area contributed by atoms with Crippen LogP contribution in [-0.4, -0.2) is 33.4 Å². The minimum atomic E-state index is 0.214. The van der Waals surface area contributed by atoms with Gasteiger partial charge in [-0.2, -0.15) is 4.98 Å². The summed E-state index contributed by atoms with van der Waals surface area (Å²) in [5.74, 6) is 1.36. The fraction of sp³-hybridized carbons (Fsp3) is 0.500. The lowest BCUT2D eigenvalue weighted by Crippen LogP contribution is -2.24. The van der Waals surface area contributed by atoms with Crippen LogP contribution in [-0.2, 0) is 6.42 Å². The summed E-state index contributed by atoms with van der Waals surface area (Å²) >= 11 is 0. The average Bonchev–Trinajstić information content (AvgIpc) is 3.12. The second-order valence-corrected chi connectivity index (χ2v) is 6.12. The zero-order chi connectivity index (χ0) is 16.6. The molecule has 3 heterocycles. The van der Waals surface area contributed by atoms with Crippen LogP contribution in [0.5, 0.6) is 0 Å². The number of nitrogens with one attached hydrogen (secondary N) is 1. The molecule has 0 aliphatic heterocycles. The fourth-order valence-electron chi connectivity index (χ4n) is 2.48. The molecule has 0 aliphatic rings. The van der Waals surface area contributed by atoms with E-state index in [0.717, 1.165) is 22.3 Å². The van der Waals surface area contributed by atoms with E-state index in [0.29, 0.717) is 23.8 Å². The van der Waals surface area contributed by atoms with Crippen molar-refractivity contribution < 1.29 is 9.05 Å². The number of hydrogen-bond acceptors (Lipinski definition) is 7. The Labute approximate surface area is 134 Å². The van der Waals surface area contributed by atoms with Crippen molar-refractivity contribution in [3.05, 3.63) is 23.3 Å². The van der Waals surface area contributed by atoms with Crippen molar-refractivity contribution in [2.75, 3.05) is 7.05 Å². The number of nitrogens with zero attached hydrogens (tertiary/aromatic N) is 4. The summed E-state index contributed by atoms with van der Waals surface area (Å²) in [6.07, 6.45) is 0.702. The van der Waals surface area contributed by atoms with E-state index in [1.807, 2.05) is 20.0 Å². The van der Waals surface area contributed by atoms with E-state index in [1.165, 1.54) is 0 Å². The molecule has 0 aliphatic carbocycles. The SMILES string of the molecule is CNC(C)Cc1noc(-c2cc(C)nc3onc(C(C)C)c23)n1. The summed E-state index contributed by atoms with van der Waals surface area (Å²) in [7, 11) is 1.91. The number of likely N-dealkylation sites (N-methyl/N-ethyl adjacent to an activating group) is 1. The van der Waals surface area contributed by atoms with E-state index in [9.17, 15) is 0 Å². The maximum Gasteiger partial charge on any atom is 0.259 e. The second kappa shape index (κ2) is 6.08. The van der Waals surface area contributed by atoms with Crippen LogP contribution in [0.1, 0.15) is 43.9 Å². The third-order valence-corrected chi connectivity index (χ3v) is 3.83. The summed E-state index contributed by atoms with van der Waals surface area (Å²) in [5.41, 5.74) is 3.01. The van der Waals surface area contributed by atoms with Crippen LogP contribution in [0.3, 0.4) is 0 Å². The van der Waals surface area contributed by atoms with Crippen molar-refractivity contribution >= 4 is 11.1 Å². The average molecular weight is 315 g/mol. The summed E-state index contributed by atoms with van der Waals surface area (Å²) in [4.78, 5) is 8.93. The predicted octanol–water partition coefficient (Wildman–Crippen LogP) is 2.86. The van der Waals surface area contributed by atoms with Crippen molar-refractivity contribution in [3.63, 3.8) is 0 Å². The minimum Gasteiger partial charge on any atom is -0.335 e. The second-order valence-electron chi connectivity index (χ2n) is 6.12. The molecule has 1 unspecified atom stereocenters. The van der Waals surface area contributed by atoms with Gasteiger partial charge in [-0.3, -0.25) is 0 Å². The molecular weight excluding hydrogens is 294 g/mol. The number of hydrogen-bond donors (Lipinski definition) is 1. The summed E-state index contributed by atoms with van der Waals surface area (Å²) < 4.78 is 10.9. The molecule has 3 aromatic rings. The maximum atomic E-state index is 5.48. The number of pyridine rings is 1. The van der Waals surface area contributed by atoms with Gasteiger partial charge in [-0.05, 0) is 32.9 Å². The molecular formula is C16H21N5O2. The highest BCUT2D eigenvalue weighted by Gasteiger charge is 2.22. The summed E-state index contributed by atoms with van der Waals surface area (Å²) in [5, 5.41) is 12.2. The van der Waals surface area contributed by atoms with Crippen LogP contribution in [0.2, 0.25) is 0 Å². The van der Waals surface area contributed by atoms with Crippen molar-refractivity contribution in [2.45, 2.75) is 46.1 Å². The summed E-state index contributed by atoms with van der Waals surface area (Å²) in [6.45, 7) is 8.10. The van der Waals surface area contributed by atoms with Crippen molar-refractivity contribution in [1.82, 2.24) is 25.6 Å². The lowest BCUT2D eigenvalue weighted by molar-refractivity contribution is 0.418. The normalized spacial score (nSPS) is 13.1. The molecule has 1 atom stereocenters. The zero-order valence-corrected chi connectivity index (χ0v) is 14.0. The summed E-state index contributed by atoms with van der Waals surface area (Å²) in [6, 6.07) is 2.21. The van der Waals surface area contributed by atoms with Gasteiger partial charge in [0.05, 0.1) is 16.6 Å². The van der Waals surface area contributed by atoms with Gasteiger partial charge in [0.15, 0.2) is 5.82 Å². The number of aromatic nitrogens is 4. The standard InChI is InChI=1S/C16H21N5O2/c1-8(2)14-13-11(6-10(4)18-16(13)23-21-14)15-19-12(20-22-15)7-9(3)17-5/h6,8-9,17H,7H2,1-5H3. The first-order valence-corrected chi connectivity index (χ1v) is 7.76. The van der Waals surface area contributed by atoms with Crippen LogP contribution < -0.4 is 5.32 Å². The van der Waals surface area contributed by atoms with Crippen molar-refractivity contribution in [2.24, 2.45) is 0 Å². The van der Waals surface area contributed by atoms with Gasteiger partial charge in [0.25, 0.3) is 11.6 Å². The first-order chi connectivity index (χ1) is 11.0. The molecule has 0 saturated heterocycles. The van der Waals surface area contributed by atoms with E-state index in [-0.39, 0.29) is 12.0 Å². The topological polar surface area (TPSA) is 89.9 Å². The highest BCUT2D eigenvalue weighted by atomic mass is 16.5. The van der Waals surface area contributed by atoms with Gasteiger partial charge in [0.1, 0.15) is 0 Å². The van der Waals surface area contributed by atoms with Gasteiger partial charge in [-0.1, -0.05) is 24.2 Å². The molecule has 1 N–H and O–H groups in total. The van der Waals surface area contributed by atoms with Gasteiger partial charge >= 0.3 is 0 Å². The van der Waals surface area contributed by atoms with Crippen LogP contribution in [0.4, 0.5) is 0 Å². The van der Waals surface area contributed by atoms with Crippen LogP contribution in [0, 0.1) is 6.92 Å². The first kappa shape index (κ1) is 15.6. The molecule has 0 spiro atoms. The monoisotopic (exact) mass is 315 g/mol. The van der Waals surface area contributed by atoms with E-state index in [2.05, 4.69) is 46.4 Å². The van der Waals surface area contributed by atoms with Gasteiger partial charge in [-0.25, -0.2) is 4.98 Å². The largest absolute Gasteiger partial charge is 0.335 e. The Morgan fingerprint density at radius 2 is 1.91 bits per heavy atom. The van der Waals surface area contributed by atoms with E-state index in [4.69, 9.17) is 9.05 Å². The smallest absolute Gasteiger partial charge is 0.259 e. The molecule has 0 bridgehead atoms. The van der Waals surface area contributed by atoms with E-state index < -0.39 is 0 Å². The van der Waals surface area contributed by atoms with E-state index >= 15 is 0 Å². The molecule has 7 nitrogen and oxygen atoms in total. The molecule has 7 heteroatoms. The molecule has 0 saturated carbocycles. The molecule has 0 radical (unpaired) electrons.